The molecule has 0 saturated carbocycles. The van der Waals surface area contributed by atoms with Gasteiger partial charge in [-0.15, -0.1) is 0 Å². The van der Waals surface area contributed by atoms with Crippen LogP contribution in [0.4, 0.5) is 11.4 Å². The maximum atomic E-state index is 12.8. The van der Waals surface area contributed by atoms with Crippen LogP contribution in [0.5, 0.6) is 0 Å². The van der Waals surface area contributed by atoms with E-state index in [1.165, 1.54) is 6.20 Å². The van der Waals surface area contributed by atoms with Crippen molar-refractivity contribution in [3.63, 3.8) is 0 Å². The van der Waals surface area contributed by atoms with Crippen LogP contribution in [0.25, 0.3) is 0 Å². The van der Waals surface area contributed by atoms with Crippen molar-refractivity contribution in [3.05, 3.63) is 70.9 Å². The normalized spacial score (nSPS) is 11.5. The molecule has 7 nitrogen and oxygen atoms in total. The number of aromatic nitrogens is 2. The van der Waals surface area contributed by atoms with Crippen LogP contribution in [0.3, 0.4) is 0 Å². The van der Waals surface area contributed by atoms with Crippen molar-refractivity contribution in [3.8, 4) is 0 Å². The van der Waals surface area contributed by atoms with E-state index in [1.54, 1.807) is 24.3 Å². The Morgan fingerprint density at radius 1 is 1.00 bits per heavy atom. The Hall–Kier alpha value is -3.13. The molecule has 0 spiro atoms. The topological polar surface area (TPSA) is 104 Å². The second-order valence-electron chi connectivity index (χ2n) is 7.33. The van der Waals surface area contributed by atoms with E-state index in [4.69, 9.17) is 0 Å². The molecule has 1 heterocycles. The number of anilines is 2. The van der Waals surface area contributed by atoms with E-state index in [0.717, 1.165) is 16.7 Å². The van der Waals surface area contributed by atoms with Crippen molar-refractivity contribution in [1.82, 2.24) is 10.2 Å². The molecule has 0 saturated heterocycles. The zero-order valence-electron chi connectivity index (χ0n) is 16.8. The number of hydrogen-bond donors (Lipinski definition) is 3. The lowest BCUT2D eigenvalue weighted by atomic mass is 10.0. The molecule has 0 aliphatic rings. The standard InChI is InChI=1S/C21H24N4O3S/c1-13(2)16-5-7-17(8-6-16)23-20(26)19-12-22-24-21(19)29(27,28)25-18-10-14(3)9-15(4)11-18/h5-13,25H,1-4H3,(H,22,24)(H,23,26). The molecule has 0 atom stereocenters. The first-order valence-corrected chi connectivity index (χ1v) is 10.7. The number of H-pyrrole nitrogens is 1. The fourth-order valence-electron chi connectivity index (χ4n) is 3.03. The van der Waals surface area contributed by atoms with Crippen molar-refractivity contribution < 1.29 is 13.2 Å². The van der Waals surface area contributed by atoms with Gasteiger partial charge in [-0.25, -0.2) is 0 Å². The molecule has 0 bridgehead atoms. The molecule has 8 heteroatoms. The van der Waals surface area contributed by atoms with Crippen LogP contribution in [0.15, 0.2) is 53.7 Å². The van der Waals surface area contributed by atoms with Crippen LogP contribution >= 0.6 is 0 Å². The fourth-order valence-corrected chi connectivity index (χ4v) is 4.17. The lowest BCUT2D eigenvalue weighted by Crippen LogP contribution is -2.20. The number of aromatic amines is 1. The summed E-state index contributed by atoms with van der Waals surface area (Å²) < 4.78 is 28.1. The number of aryl methyl sites for hydroxylation is 2. The molecule has 2 aromatic carbocycles. The number of nitrogens with zero attached hydrogens (tertiary/aromatic N) is 1. The molecule has 3 aromatic rings. The quantitative estimate of drug-likeness (QED) is 0.564. The van der Waals surface area contributed by atoms with E-state index in [1.807, 2.05) is 32.0 Å². The Bertz CT molecular complexity index is 1110. The van der Waals surface area contributed by atoms with Crippen molar-refractivity contribution in [2.45, 2.75) is 38.6 Å². The fraction of sp³-hybridized carbons (Fsp3) is 0.238. The van der Waals surface area contributed by atoms with Gasteiger partial charge in [0.15, 0.2) is 5.03 Å². The van der Waals surface area contributed by atoms with Crippen LogP contribution < -0.4 is 10.0 Å². The van der Waals surface area contributed by atoms with E-state index < -0.39 is 15.9 Å². The molecule has 1 aromatic heterocycles. The monoisotopic (exact) mass is 412 g/mol. The van der Waals surface area contributed by atoms with Gasteiger partial charge < -0.3 is 5.32 Å². The van der Waals surface area contributed by atoms with Gasteiger partial charge >= 0.3 is 0 Å². The lowest BCUT2D eigenvalue weighted by molar-refractivity contribution is 0.102. The number of sulfonamides is 1. The number of carbonyl (C=O) groups excluding carboxylic acids is 1. The molecule has 3 rings (SSSR count). The van der Waals surface area contributed by atoms with E-state index >= 15 is 0 Å². The second kappa shape index (κ2) is 8.08. The molecule has 0 radical (unpaired) electrons. The van der Waals surface area contributed by atoms with Crippen molar-refractivity contribution in [2.75, 3.05) is 10.0 Å². The summed E-state index contributed by atoms with van der Waals surface area (Å²) in [6.45, 7) is 7.92. The summed E-state index contributed by atoms with van der Waals surface area (Å²) in [4.78, 5) is 12.7. The third-order valence-electron chi connectivity index (χ3n) is 4.43. The highest BCUT2D eigenvalue weighted by atomic mass is 32.2. The van der Waals surface area contributed by atoms with E-state index in [2.05, 4.69) is 34.1 Å². The molecule has 29 heavy (non-hydrogen) atoms. The van der Waals surface area contributed by atoms with Crippen molar-refractivity contribution >= 4 is 27.3 Å². The molecule has 152 valence electrons. The summed E-state index contributed by atoms with van der Waals surface area (Å²) in [5.74, 6) is -0.182. The summed E-state index contributed by atoms with van der Waals surface area (Å²) >= 11 is 0. The molecule has 3 N–H and O–H groups in total. The molecule has 1 amide bonds. The van der Waals surface area contributed by atoms with Gasteiger partial charge in [-0.2, -0.15) is 13.5 Å². The number of nitrogens with one attached hydrogen (secondary N) is 3. The lowest BCUT2D eigenvalue weighted by Gasteiger charge is -2.11. The highest BCUT2D eigenvalue weighted by Crippen LogP contribution is 2.22. The number of amides is 1. The Morgan fingerprint density at radius 2 is 1.62 bits per heavy atom. The largest absolute Gasteiger partial charge is 0.322 e. The third-order valence-corrected chi connectivity index (χ3v) is 5.78. The molecule has 0 aliphatic carbocycles. The Labute approximate surface area is 170 Å². The number of carbonyl (C=O) groups is 1. The van der Waals surface area contributed by atoms with Crippen LogP contribution in [0, 0.1) is 13.8 Å². The molecular formula is C21H24N4O3S. The van der Waals surface area contributed by atoms with Crippen LogP contribution in [-0.4, -0.2) is 24.5 Å². The minimum atomic E-state index is -4.02. The van der Waals surface area contributed by atoms with Gasteiger partial charge in [0.1, 0.15) is 0 Å². The average Bonchev–Trinajstić information content (AvgIpc) is 3.12. The average molecular weight is 413 g/mol. The Kier molecular flexibility index (Phi) is 5.74. The van der Waals surface area contributed by atoms with Crippen molar-refractivity contribution in [2.24, 2.45) is 0 Å². The van der Waals surface area contributed by atoms with E-state index in [9.17, 15) is 13.2 Å². The summed E-state index contributed by atoms with van der Waals surface area (Å²) in [6, 6.07) is 12.8. The maximum absolute atomic E-state index is 12.8. The van der Waals surface area contributed by atoms with Crippen LogP contribution in [0.2, 0.25) is 0 Å². The second-order valence-corrected chi connectivity index (χ2v) is 8.94. The van der Waals surface area contributed by atoms with Crippen LogP contribution in [0.1, 0.15) is 46.8 Å². The van der Waals surface area contributed by atoms with Gasteiger partial charge in [0.2, 0.25) is 0 Å². The summed E-state index contributed by atoms with van der Waals surface area (Å²) in [5, 5.41) is 8.61. The van der Waals surface area contributed by atoms with Gasteiger partial charge in [0, 0.05) is 11.4 Å². The molecule has 0 unspecified atom stereocenters. The van der Waals surface area contributed by atoms with Gasteiger partial charge in [0.25, 0.3) is 15.9 Å². The smallest absolute Gasteiger partial charge is 0.279 e. The van der Waals surface area contributed by atoms with E-state index in [-0.39, 0.29) is 10.6 Å². The SMILES string of the molecule is Cc1cc(C)cc(NS(=O)(=O)c2[nH]ncc2C(=O)Nc2ccc(C(C)C)cc2)c1. The van der Waals surface area contributed by atoms with Gasteiger partial charge in [-0.3, -0.25) is 14.6 Å². The molecule has 0 aliphatic heterocycles. The number of benzene rings is 2. The molecule has 0 fully saturated rings. The Morgan fingerprint density at radius 3 is 2.21 bits per heavy atom. The highest BCUT2D eigenvalue weighted by Gasteiger charge is 2.25. The zero-order chi connectivity index (χ0) is 21.2. The molecular weight excluding hydrogens is 388 g/mol. The first-order chi connectivity index (χ1) is 13.7. The predicted molar refractivity (Wildman–Crippen MR) is 114 cm³/mol. The minimum Gasteiger partial charge on any atom is -0.322 e. The minimum absolute atomic E-state index is 0.0604. The highest BCUT2D eigenvalue weighted by molar-refractivity contribution is 7.92. The first kappa shape index (κ1) is 20.6. The number of rotatable bonds is 6. The van der Waals surface area contributed by atoms with Crippen molar-refractivity contribution in [1.29, 1.82) is 0 Å². The first-order valence-electron chi connectivity index (χ1n) is 9.21. The van der Waals surface area contributed by atoms with Gasteiger partial charge in [-0.05, 0) is 60.7 Å². The summed E-state index contributed by atoms with van der Waals surface area (Å²) in [5.41, 5.74) is 3.94. The predicted octanol–water partition coefficient (Wildman–Crippen LogP) is 4.20. The third kappa shape index (κ3) is 4.83. The van der Waals surface area contributed by atoms with Crippen LogP contribution in [-0.2, 0) is 10.0 Å². The van der Waals surface area contributed by atoms with E-state index in [0.29, 0.717) is 17.3 Å². The van der Waals surface area contributed by atoms with Gasteiger partial charge in [0.05, 0.1) is 11.8 Å². The number of hydrogen-bond acceptors (Lipinski definition) is 4. The summed E-state index contributed by atoms with van der Waals surface area (Å²) in [7, 11) is -4.02. The Balaban J connectivity index is 1.82. The summed E-state index contributed by atoms with van der Waals surface area (Å²) in [6.07, 6.45) is 1.20. The maximum Gasteiger partial charge on any atom is 0.279 e. The zero-order valence-corrected chi connectivity index (χ0v) is 17.6. The van der Waals surface area contributed by atoms with Gasteiger partial charge in [-0.1, -0.05) is 32.0 Å².